The molecule has 0 saturated heterocycles. The van der Waals surface area contributed by atoms with E-state index in [1.54, 1.807) is 44.6 Å². The number of anilines is 3. The highest BCUT2D eigenvalue weighted by molar-refractivity contribution is 6.01. The van der Waals surface area contributed by atoms with Gasteiger partial charge in [-0.15, -0.1) is 0 Å². The van der Waals surface area contributed by atoms with Gasteiger partial charge in [-0.2, -0.15) is 15.5 Å². The van der Waals surface area contributed by atoms with Crippen LogP contribution in [0.15, 0.2) is 60.7 Å². The quantitative estimate of drug-likeness (QED) is 0.392. The zero-order valence-electron chi connectivity index (χ0n) is 18.5. The molecule has 3 aromatic carbocycles. The molecule has 0 aliphatic carbocycles. The molecular formula is C26H20N6O2. The van der Waals surface area contributed by atoms with Crippen molar-refractivity contribution in [2.45, 2.75) is 0 Å². The van der Waals surface area contributed by atoms with Gasteiger partial charge in [-0.25, -0.2) is 4.98 Å². The largest absolute Gasteiger partial charge is 0.496 e. The van der Waals surface area contributed by atoms with Crippen molar-refractivity contribution in [3.8, 4) is 34.8 Å². The third-order valence-corrected chi connectivity index (χ3v) is 5.17. The number of fused-ring (bicyclic) bond motifs is 1. The van der Waals surface area contributed by atoms with Crippen molar-refractivity contribution in [3.63, 3.8) is 0 Å². The van der Waals surface area contributed by atoms with E-state index in [1.165, 1.54) is 6.08 Å². The lowest BCUT2D eigenvalue weighted by Crippen LogP contribution is -2.03. The lowest BCUT2D eigenvalue weighted by atomic mass is 9.98. The zero-order valence-corrected chi connectivity index (χ0v) is 18.5. The van der Waals surface area contributed by atoms with E-state index in [2.05, 4.69) is 16.4 Å². The number of nitrogens with two attached hydrogens (primary N) is 1. The van der Waals surface area contributed by atoms with Crippen LogP contribution in [0, 0.1) is 22.7 Å². The molecule has 0 aliphatic rings. The predicted octanol–water partition coefficient (Wildman–Crippen LogP) is 5.05. The minimum Gasteiger partial charge on any atom is -0.496 e. The molecule has 0 fully saturated rings. The summed E-state index contributed by atoms with van der Waals surface area (Å²) in [5.41, 5.74) is 10.4. The number of aromatic nitrogens is 2. The van der Waals surface area contributed by atoms with Crippen molar-refractivity contribution in [1.82, 2.24) is 9.97 Å². The fourth-order valence-electron chi connectivity index (χ4n) is 3.62. The SMILES string of the molecule is COc1cc(/C=C/C#N)cc(OC)c1-c1cccc2c(N)nc(Nc3ccc(C#N)cc3)nc12. The summed E-state index contributed by atoms with van der Waals surface area (Å²) >= 11 is 0. The lowest BCUT2D eigenvalue weighted by molar-refractivity contribution is 0.397. The Hall–Kier alpha value is -5.08. The number of allylic oxidation sites excluding steroid dienone is 1. The molecule has 3 N–H and O–H groups in total. The topological polar surface area (TPSA) is 130 Å². The molecule has 34 heavy (non-hydrogen) atoms. The first-order chi connectivity index (χ1) is 16.6. The smallest absolute Gasteiger partial charge is 0.229 e. The van der Waals surface area contributed by atoms with Gasteiger partial charge in [0.05, 0.1) is 43.0 Å². The van der Waals surface area contributed by atoms with E-state index in [1.807, 2.05) is 36.4 Å². The summed E-state index contributed by atoms with van der Waals surface area (Å²) in [7, 11) is 3.14. The van der Waals surface area contributed by atoms with Gasteiger partial charge in [-0.1, -0.05) is 12.1 Å². The van der Waals surface area contributed by atoms with Crippen molar-refractivity contribution < 1.29 is 9.47 Å². The lowest BCUT2D eigenvalue weighted by Gasteiger charge is -2.17. The number of nitriles is 2. The molecule has 0 bridgehead atoms. The van der Waals surface area contributed by atoms with Gasteiger partial charge in [0, 0.05) is 22.7 Å². The Morgan fingerprint density at radius 3 is 2.29 bits per heavy atom. The number of nitrogens with zero attached hydrogens (tertiary/aromatic N) is 4. The molecule has 0 saturated carbocycles. The van der Waals surface area contributed by atoms with E-state index in [-0.39, 0.29) is 0 Å². The number of methoxy groups -OCH3 is 2. The molecule has 4 rings (SSSR count). The maximum absolute atomic E-state index is 9.01. The average molecular weight is 448 g/mol. The molecule has 0 unspecified atom stereocenters. The molecule has 8 heteroatoms. The fourth-order valence-corrected chi connectivity index (χ4v) is 3.62. The number of hydrogen-bond acceptors (Lipinski definition) is 8. The van der Waals surface area contributed by atoms with Gasteiger partial charge in [0.25, 0.3) is 0 Å². The summed E-state index contributed by atoms with van der Waals surface area (Å²) in [5.74, 6) is 1.75. The maximum atomic E-state index is 9.01. The second-order valence-corrected chi connectivity index (χ2v) is 7.21. The summed E-state index contributed by atoms with van der Waals surface area (Å²) in [6, 6.07) is 20.3. The number of nitrogens with one attached hydrogen (secondary N) is 1. The van der Waals surface area contributed by atoms with Crippen molar-refractivity contribution >= 4 is 34.4 Å². The second-order valence-electron chi connectivity index (χ2n) is 7.21. The van der Waals surface area contributed by atoms with Gasteiger partial charge in [-0.3, -0.25) is 0 Å². The van der Waals surface area contributed by atoms with Crippen LogP contribution in [0.25, 0.3) is 28.1 Å². The van der Waals surface area contributed by atoms with Crippen LogP contribution >= 0.6 is 0 Å². The number of hydrogen-bond donors (Lipinski definition) is 2. The average Bonchev–Trinajstić information content (AvgIpc) is 2.87. The van der Waals surface area contributed by atoms with Crippen LogP contribution in [0.5, 0.6) is 11.5 Å². The highest BCUT2D eigenvalue weighted by Gasteiger charge is 2.19. The van der Waals surface area contributed by atoms with Crippen LogP contribution in [-0.4, -0.2) is 24.2 Å². The normalized spacial score (nSPS) is 10.6. The molecule has 0 aliphatic heterocycles. The summed E-state index contributed by atoms with van der Waals surface area (Å²) < 4.78 is 11.4. The number of benzene rings is 3. The van der Waals surface area contributed by atoms with Crippen molar-refractivity contribution in [2.24, 2.45) is 0 Å². The van der Waals surface area contributed by atoms with Crippen LogP contribution in [0.3, 0.4) is 0 Å². The van der Waals surface area contributed by atoms with Crippen LogP contribution in [-0.2, 0) is 0 Å². The summed E-state index contributed by atoms with van der Waals surface area (Å²) in [6.45, 7) is 0. The van der Waals surface area contributed by atoms with Gasteiger partial charge in [0.15, 0.2) is 0 Å². The first kappa shape index (κ1) is 22.1. The summed E-state index contributed by atoms with van der Waals surface area (Å²) in [4.78, 5) is 9.13. The van der Waals surface area contributed by atoms with E-state index in [0.29, 0.717) is 45.3 Å². The highest BCUT2D eigenvalue weighted by atomic mass is 16.5. The Kier molecular flexibility index (Phi) is 6.24. The monoisotopic (exact) mass is 448 g/mol. The van der Waals surface area contributed by atoms with E-state index < -0.39 is 0 Å². The standard InChI is InChI=1S/C26H20N6O2/c1-33-21-13-17(5-4-12-27)14-22(34-2)23(21)19-6-3-7-20-24(19)31-26(32-25(20)29)30-18-10-8-16(15-28)9-11-18/h3-11,13-14H,1-2H3,(H3,29,30,31,32)/b5-4+. The second kappa shape index (κ2) is 9.60. The Labute approximate surface area is 196 Å². The third kappa shape index (κ3) is 4.29. The van der Waals surface area contributed by atoms with Crippen LogP contribution < -0.4 is 20.5 Å². The first-order valence-electron chi connectivity index (χ1n) is 10.2. The molecule has 0 amide bonds. The van der Waals surface area contributed by atoms with Crippen molar-refractivity contribution in [2.75, 3.05) is 25.3 Å². The van der Waals surface area contributed by atoms with Crippen LogP contribution in [0.1, 0.15) is 11.1 Å². The minimum atomic E-state index is 0.314. The van der Waals surface area contributed by atoms with E-state index in [0.717, 1.165) is 16.8 Å². The van der Waals surface area contributed by atoms with Gasteiger partial charge in [0.1, 0.15) is 17.3 Å². The molecule has 8 nitrogen and oxygen atoms in total. The Bertz CT molecular complexity index is 1460. The number of ether oxygens (including phenoxy) is 2. The maximum Gasteiger partial charge on any atom is 0.229 e. The zero-order chi connectivity index (χ0) is 24.1. The summed E-state index contributed by atoms with van der Waals surface area (Å²) in [5, 5.41) is 21.7. The molecule has 4 aromatic rings. The fraction of sp³-hybridized carbons (Fsp3) is 0.0769. The van der Waals surface area contributed by atoms with E-state index in [9.17, 15) is 0 Å². The predicted molar refractivity (Wildman–Crippen MR) is 132 cm³/mol. The van der Waals surface area contributed by atoms with Gasteiger partial charge in [0.2, 0.25) is 5.95 Å². The number of rotatable bonds is 6. The van der Waals surface area contributed by atoms with Gasteiger partial charge >= 0.3 is 0 Å². The summed E-state index contributed by atoms with van der Waals surface area (Å²) in [6.07, 6.45) is 3.07. The number of para-hydroxylation sites is 1. The Morgan fingerprint density at radius 1 is 0.971 bits per heavy atom. The van der Waals surface area contributed by atoms with Crippen LogP contribution in [0.4, 0.5) is 17.5 Å². The number of nitrogen functional groups attached to an aromatic ring is 1. The molecular weight excluding hydrogens is 428 g/mol. The molecule has 166 valence electrons. The van der Waals surface area contributed by atoms with Crippen LogP contribution in [0.2, 0.25) is 0 Å². The Morgan fingerprint density at radius 2 is 1.68 bits per heavy atom. The minimum absolute atomic E-state index is 0.314. The van der Waals surface area contributed by atoms with E-state index >= 15 is 0 Å². The molecule has 1 aromatic heterocycles. The molecule has 0 atom stereocenters. The van der Waals surface area contributed by atoms with Gasteiger partial charge < -0.3 is 20.5 Å². The first-order valence-corrected chi connectivity index (χ1v) is 10.2. The third-order valence-electron chi connectivity index (χ3n) is 5.17. The Balaban J connectivity index is 1.89. The molecule has 1 heterocycles. The molecule has 0 spiro atoms. The highest BCUT2D eigenvalue weighted by Crippen LogP contribution is 2.43. The van der Waals surface area contributed by atoms with Gasteiger partial charge in [-0.05, 0) is 54.1 Å². The van der Waals surface area contributed by atoms with E-state index in [4.69, 9.17) is 30.7 Å². The van der Waals surface area contributed by atoms with Crippen molar-refractivity contribution in [1.29, 1.82) is 10.5 Å². The molecule has 0 radical (unpaired) electrons. The van der Waals surface area contributed by atoms with Crippen molar-refractivity contribution in [3.05, 3.63) is 71.8 Å².